The number of fused-ring (bicyclic) bond motifs is 3. The van der Waals surface area contributed by atoms with E-state index in [1.807, 2.05) is 0 Å². The average molecular weight is 509 g/mol. The normalized spacial score (nSPS) is 25.7. The van der Waals surface area contributed by atoms with Gasteiger partial charge in [0.15, 0.2) is 0 Å². The number of hydrogen-bond acceptors (Lipinski definition) is 1. The standard InChI is InChI=1S/C35H60N2/c1-2-4-8-12-16-20-28-36-30-23-27-35(33-36)25-19-15-11-7-5-9-13-17-21-29-37-31-22-26-34(32-37)24-18-14-10-6-3-1/h22-23,26-27,31-34H,1-21,24-25,28-30H2. The van der Waals surface area contributed by atoms with Gasteiger partial charge in [0.2, 0.25) is 0 Å². The second-order valence-corrected chi connectivity index (χ2v) is 12.1. The Balaban J connectivity index is 1.32. The fourth-order valence-corrected chi connectivity index (χ4v) is 6.27. The first-order valence-electron chi connectivity index (χ1n) is 16.6. The predicted molar refractivity (Wildman–Crippen MR) is 163 cm³/mol. The summed E-state index contributed by atoms with van der Waals surface area (Å²) in [5.74, 6) is 0.665. The van der Waals surface area contributed by atoms with Crippen molar-refractivity contribution in [3.05, 3.63) is 42.6 Å². The molecular formula is C35H60N2. The van der Waals surface area contributed by atoms with Crippen molar-refractivity contribution in [2.24, 2.45) is 5.92 Å². The first kappa shape index (κ1) is 30.1. The maximum absolute atomic E-state index is 2.56. The van der Waals surface area contributed by atoms with Crippen LogP contribution in [0.15, 0.2) is 36.1 Å². The SMILES string of the molecule is C1=CC2[CH-][N+](=C1)CCCCCCCCCCCC1=CN(CC=C1)CCCCCCCCCCCCCC2. The van der Waals surface area contributed by atoms with E-state index < -0.39 is 0 Å². The van der Waals surface area contributed by atoms with Crippen molar-refractivity contribution in [3.8, 4) is 0 Å². The van der Waals surface area contributed by atoms with Gasteiger partial charge >= 0.3 is 0 Å². The molecular weight excluding hydrogens is 448 g/mol. The molecule has 0 saturated carbocycles. The van der Waals surface area contributed by atoms with Crippen LogP contribution in [0.4, 0.5) is 0 Å². The summed E-state index contributed by atoms with van der Waals surface area (Å²) < 4.78 is 2.47. The summed E-state index contributed by atoms with van der Waals surface area (Å²) in [5, 5.41) is 0. The van der Waals surface area contributed by atoms with Gasteiger partial charge in [-0.2, -0.15) is 0 Å². The quantitative estimate of drug-likeness (QED) is 0.233. The molecule has 2 heteroatoms. The summed E-state index contributed by atoms with van der Waals surface area (Å²) in [6.07, 6.45) is 46.7. The van der Waals surface area contributed by atoms with E-state index in [0.29, 0.717) is 5.92 Å². The lowest BCUT2D eigenvalue weighted by Gasteiger charge is -2.23. The first-order valence-corrected chi connectivity index (χ1v) is 16.6. The molecule has 3 rings (SSSR count). The van der Waals surface area contributed by atoms with Gasteiger partial charge in [-0.1, -0.05) is 134 Å². The molecule has 0 fully saturated rings. The summed E-state index contributed by atoms with van der Waals surface area (Å²) >= 11 is 0. The number of nitrogens with zero attached hydrogens (tertiary/aromatic N) is 2. The van der Waals surface area contributed by atoms with Crippen LogP contribution >= 0.6 is 0 Å². The van der Waals surface area contributed by atoms with Crippen LogP contribution < -0.4 is 0 Å². The van der Waals surface area contributed by atoms with Crippen LogP contribution in [0.3, 0.4) is 0 Å². The van der Waals surface area contributed by atoms with Crippen molar-refractivity contribution < 1.29 is 4.58 Å². The molecule has 0 saturated heterocycles. The minimum Gasteiger partial charge on any atom is -0.373 e. The highest BCUT2D eigenvalue weighted by Crippen LogP contribution is 2.20. The zero-order chi connectivity index (χ0) is 25.6. The molecule has 3 heterocycles. The molecule has 0 radical (unpaired) electrons. The van der Waals surface area contributed by atoms with Gasteiger partial charge in [-0.05, 0) is 37.2 Å². The summed E-state index contributed by atoms with van der Waals surface area (Å²) in [6, 6.07) is 0. The van der Waals surface area contributed by atoms with E-state index in [1.54, 1.807) is 5.57 Å². The van der Waals surface area contributed by atoms with E-state index in [1.165, 1.54) is 161 Å². The van der Waals surface area contributed by atoms with Crippen LogP contribution in [0.5, 0.6) is 0 Å². The largest absolute Gasteiger partial charge is 0.373 e. The molecule has 3 aliphatic heterocycles. The fraction of sp³-hybridized carbons (Fsp3) is 0.771. The van der Waals surface area contributed by atoms with Gasteiger partial charge in [-0.3, -0.25) is 0 Å². The van der Waals surface area contributed by atoms with E-state index in [4.69, 9.17) is 0 Å². The highest BCUT2D eigenvalue weighted by Gasteiger charge is 2.10. The van der Waals surface area contributed by atoms with Gasteiger partial charge in [0.05, 0.1) is 0 Å². The van der Waals surface area contributed by atoms with Gasteiger partial charge in [0.1, 0.15) is 6.54 Å². The van der Waals surface area contributed by atoms with E-state index in [9.17, 15) is 0 Å². The van der Waals surface area contributed by atoms with Crippen LogP contribution in [0.1, 0.15) is 148 Å². The molecule has 0 aromatic heterocycles. The van der Waals surface area contributed by atoms with Crippen molar-refractivity contribution in [2.45, 2.75) is 148 Å². The fourth-order valence-electron chi connectivity index (χ4n) is 6.27. The molecule has 210 valence electrons. The lowest BCUT2D eigenvalue weighted by atomic mass is 9.97. The molecule has 0 aromatic rings. The third kappa shape index (κ3) is 14.9. The third-order valence-corrected chi connectivity index (χ3v) is 8.65. The second-order valence-electron chi connectivity index (χ2n) is 12.1. The Hall–Kier alpha value is -1.44. The van der Waals surface area contributed by atoms with Gasteiger partial charge in [-0.15, -0.1) is 6.08 Å². The van der Waals surface area contributed by atoms with Crippen molar-refractivity contribution in [2.75, 3.05) is 19.6 Å². The molecule has 4 bridgehead atoms. The van der Waals surface area contributed by atoms with E-state index in [-0.39, 0.29) is 0 Å². The highest BCUT2D eigenvalue weighted by molar-refractivity contribution is 5.67. The Bertz CT molecular complexity index is 685. The monoisotopic (exact) mass is 508 g/mol. The Kier molecular flexibility index (Phi) is 16.7. The van der Waals surface area contributed by atoms with Crippen LogP contribution in [0.25, 0.3) is 0 Å². The molecule has 1 unspecified atom stereocenters. The van der Waals surface area contributed by atoms with Gasteiger partial charge in [0, 0.05) is 38.5 Å². The van der Waals surface area contributed by atoms with E-state index in [0.717, 1.165) is 6.54 Å². The predicted octanol–water partition coefficient (Wildman–Crippen LogP) is 10.2. The third-order valence-electron chi connectivity index (χ3n) is 8.65. The first-order chi connectivity index (χ1) is 18.4. The van der Waals surface area contributed by atoms with Crippen molar-refractivity contribution in [1.82, 2.24) is 4.90 Å². The minimum absolute atomic E-state index is 0.665. The summed E-state index contributed by atoms with van der Waals surface area (Å²) in [6.45, 7) is 6.08. The zero-order valence-electron chi connectivity index (χ0n) is 24.4. The molecule has 0 amide bonds. The van der Waals surface area contributed by atoms with E-state index in [2.05, 4.69) is 52.7 Å². The molecule has 37 heavy (non-hydrogen) atoms. The number of allylic oxidation sites excluding steroid dienone is 3. The topological polar surface area (TPSA) is 6.25 Å². The smallest absolute Gasteiger partial charge is 0.115 e. The second kappa shape index (κ2) is 20.5. The Morgan fingerprint density at radius 2 is 1.22 bits per heavy atom. The molecule has 2 nitrogen and oxygen atoms in total. The molecule has 0 aromatic carbocycles. The Morgan fingerprint density at radius 1 is 0.649 bits per heavy atom. The lowest BCUT2D eigenvalue weighted by molar-refractivity contribution is -0.489. The van der Waals surface area contributed by atoms with Crippen molar-refractivity contribution in [1.29, 1.82) is 0 Å². The summed E-state index contributed by atoms with van der Waals surface area (Å²) in [4.78, 5) is 2.56. The van der Waals surface area contributed by atoms with E-state index >= 15 is 0 Å². The molecule has 0 spiro atoms. The maximum atomic E-state index is 2.56. The number of hydrogen-bond donors (Lipinski definition) is 0. The van der Waals surface area contributed by atoms with Crippen LogP contribution in [0, 0.1) is 12.5 Å². The van der Waals surface area contributed by atoms with Crippen LogP contribution in [-0.2, 0) is 0 Å². The molecule has 3 aliphatic rings. The number of rotatable bonds is 0. The molecule has 0 N–H and O–H groups in total. The average Bonchev–Trinajstić information content (AvgIpc) is 2.92. The van der Waals surface area contributed by atoms with Gasteiger partial charge in [0.25, 0.3) is 0 Å². The Labute approximate surface area is 231 Å². The molecule has 0 aliphatic carbocycles. The van der Waals surface area contributed by atoms with Gasteiger partial charge in [-0.25, -0.2) is 0 Å². The van der Waals surface area contributed by atoms with Crippen molar-refractivity contribution in [3.63, 3.8) is 0 Å². The minimum atomic E-state index is 0.665. The summed E-state index contributed by atoms with van der Waals surface area (Å²) in [7, 11) is 0. The molecule has 1 atom stereocenters. The lowest BCUT2D eigenvalue weighted by Crippen LogP contribution is -2.21. The van der Waals surface area contributed by atoms with Gasteiger partial charge < -0.3 is 9.48 Å². The maximum Gasteiger partial charge on any atom is 0.115 e. The zero-order valence-corrected chi connectivity index (χ0v) is 24.4. The Morgan fingerprint density at radius 3 is 1.89 bits per heavy atom. The van der Waals surface area contributed by atoms with Crippen LogP contribution in [0.2, 0.25) is 0 Å². The van der Waals surface area contributed by atoms with Crippen LogP contribution in [-0.4, -0.2) is 35.3 Å². The highest BCUT2D eigenvalue weighted by atomic mass is 15.1. The summed E-state index contributed by atoms with van der Waals surface area (Å²) in [5.41, 5.74) is 1.56. The van der Waals surface area contributed by atoms with Crippen molar-refractivity contribution >= 4 is 6.21 Å².